The Morgan fingerprint density at radius 2 is 2.00 bits per heavy atom. The van der Waals surface area contributed by atoms with Crippen molar-refractivity contribution >= 4 is 23.5 Å². The van der Waals surface area contributed by atoms with E-state index in [4.69, 9.17) is 16.3 Å². The molecule has 0 atom stereocenters. The molecule has 1 aromatic rings. The van der Waals surface area contributed by atoms with Crippen LogP contribution >= 0.6 is 11.6 Å². The first kappa shape index (κ1) is 13.5. The van der Waals surface area contributed by atoms with Crippen molar-refractivity contribution in [2.24, 2.45) is 0 Å². The van der Waals surface area contributed by atoms with Gasteiger partial charge in [0.25, 0.3) is 5.91 Å². The van der Waals surface area contributed by atoms with Crippen LogP contribution < -0.4 is 5.32 Å². The van der Waals surface area contributed by atoms with Gasteiger partial charge in [-0.1, -0.05) is 23.7 Å². The van der Waals surface area contributed by atoms with Crippen molar-refractivity contribution in [3.05, 3.63) is 34.9 Å². The molecule has 0 bridgehead atoms. The maximum Gasteiger partial charge on any atom is 0.340 e. The minimum Gasteiger partial charge on any atom is -0.452 e. The molecule has 0 spiro atoms. The number of hydrogen-bond donors (Lipinski definition) is 1. The van der Waals surface area contributed by atoms with Gasteiger partial charge in [0.1, 0.15) is 0 Å². The average Bonchev–Trinajstić information content (AvgIpc) is 2.25. The molecule has 0 fully saturated rings. The molecule has 0 saturated carbocycles. The number of ether oxygens (including phenoxy) is 1. The zero-order chi connectivity index (χ0) is 12.8. The molecule has 1 amide bonds. The third-order valence-corrected chi connectivity index (χ3v) is 2.21. The van der Waals surface area contributed by atoms with Crippen LogP contribution in [0.2, 0.25) is 5.02 Å². The van der Waals surface area contributed by atoms with E-state index in [0.29, 0.717) is 5.02 Å². The number of hydrogen-bond acceptors (Lipinski definition) is 3. The Morgan fingerprint density at radius 1 is 1.35 bits per heavy atom. The van der Waals surface area contributed by atoms with Crippen molar-refractivity contribution < 1.29 is 14.3 Å². The summed E-state index contributed by atoms with van der Waals surface area (Å²) in [6.07, 6.45) is 0. The van der Waals surface area contributed by atoms with E-state index < -0.39 is 5.97 Å². The van der Waals surface area contributed by atoms with Gasteiger partial charge in [0.2, 0.25) is 0 Å². The number of carbonyl (C=O) groups excluding carboxylic acids is 2. The van der Waals surface area contributed by atoms with Crippen molar-refractivity contribution in [3.8, 4) is 0 Å². The first-order chi connectivity index (χ1) is 8.00. The average molecular weight is 256 g/mol. The number of carbonyl (C=O) groups is 2. The molecular formula is C12H14ClNO3. The number of esters is 1. The lowest BCUT2D eigenvalue weighted by Gasteiger charge is -2.09. The second-order valence-electron chi connectivity index (χ2n) is 3.78. The van der Waals surface area contributed by atoms with E-state index in [2.05, 4.69) is 5.32 Å². The summed E-state index contributed by atoms with van der Waals surface area (Å²) in [6, 6.07) is 6.54. The summed E-state index contributed by atoms with van der Waals surface area (Å²) < 4.78 is 4.84. The highest BCUT2D eigenvalue weighted by Gasteiger charge is 2.13. The van der Waals surface area contributed by atoms with Gasteiger partial charge in [-0.25, -0.2) is 4.79 Å². The zero-order valence-electron chi connectivity index (χ0n) is 9.70. The Labute approximate surface area is 105 Å². The predicted octanol–water partition coefficient (Wildman–Crippen LogP) is 2.02. The fourth-order valence-corrected chi connectivity index (χ4v) is 1.41. The summed E-state index contributed by atoms with van der Waals surface area (Å²) in [4.78, 5) is 22.8. The van der Waals surface area contributed by atoms with Gasteiger partial charge in [-0.2, -0.15) is 0 Å². The van der Waals surface area contributed by atoms with Crippen LogP contribution in [0.1, 0.15) is 24.2 Å². The molecule has 0 aliphatic heterocycles. The highest BCUT2D eigenvalue weighted by Crippen LogP contribution is 2.15. The fourth-order valence-electron chi connectivity index (χ4n) is 1.20. The Balaban J connectivity index is 2.51. The lowest BCUT2D eigenvalue weighted by atomic mass is 10.2. The Bertz CT molecular complexity index is 418. The van der Waals surface area contributed by atoms with Crippen molar-refractivity contribution in [2.45, 2.75) is 19.9 Å². The highest BCUT2D eigenvalue weighted by molar-refractivity contribution is 6.33. The van der Waals surface area contributed by atoms with Crippen LogP contribution in [0.25, 0.3) is 0 Å². The number of benzene rings is 1. The molecular weight excluding hydrogens is 242 g/mol. The molecule has 17 heavy (non-hydrogen) atoms. The van der Waals surface area contributed by atoms with Crippen molar-refractivity contribution in [1.29, 1.82) is 0 Å². The summed E-state index contributed by atoms with van der Waals surface area (Å²) in [6.45, 7) is 3.35. The Morgan fingerprint density at radius 3 is 2.59 bits per heavy atom. The van der Waals surface area contributed by atoms with Crippen LogP contribution in [0.4, 0.5) is 0 Å². The predicted molar refractivity (Wildman–Crippen MR) is 65.0 cm³/mol. The first-order valence-electron chi connectivity index (χ1n) is 5.21. The molecule has 0 radical (unpaired) electrons. The van der Waals surface area contributed by atoms with Crippen LogP contribution in [-0.4, -0.2) is 24.5 Å². The van der Waals surface area contributed by atoms with Gasteiger partial charge in [0.15, 0.2) is 6.61 Å². The molecule has 0 unspecified atom stereocenters. The molecule has 0 saturated heterocycles. The third-order valence-electron chi connectivity index (χ3n) is 1.88. The van der Waals surface area contributed by atoms with Crippen molar-refractivity contribution in [1.82, 2.24) is 5.32 Å². The van der Waals surface area contributed by atoms with Crippen molar-refractivity contribution in [3.63, 3.8) is 0 Å². The van der Waals surface area contributed by atoms with Gasteiger partial charge >= 0.3 is 5.97 Å². The van der Waals surface area contributed by atoms with Gasteiger partial charge in [-0.05, 0) is 26.0 Å². The van der Waals surface area contributed by atoms with Crippen LogP contribution in [0.5, 0.6) is 0 Å². The molecule has 0 aromatic heterocycles. The molecule has 5 heteroatoms. The monoisotopic (exact) mass is 255 g/mol. The van der Waals surface area contributed by atoms with Gasteiger partial charge in [0.05, 0.1) is 10.6 Å². The minimum absolute atomic E-state index is 0.0153. The number of halogens is 1. The summed E-state index contributed by atoms with van der Waals surface area (Å²) in [5.74, 6) is -0.935. The minimum atomic E-state index is -0.602. The maximum absolute atomic E-state index is 11.6. The molecule has 1 N–H and O–H groups in total. The van der Waals surface area contributed by atoms with Crippen LogP contribution in [0.3, 0.4) is 0 Å². The van der Waals surface area contributed by atoms with Crippen LogP contribution in [-0.2, 0) is 9.53 Å². The van der Waals surface area contributed by atoms with Gasteiger partial charge in [0, 0.05) is 6.04 Å². The second kappa shape index (κ2) is 6.25. The number of nitrogens with one attached hydrogen (secondary N) is 1. The normalized spacial score (nSPS) is 10.1. The van der Waals surface area contributed by atoms with E-state index in [1.807, 2.05) is 13.8 Å². The van der Waals surface area contributed by atoms with E-state index in [1.165, 1.54) is 0 Å². The van der Waals surface area contributed by atoms with Gasteiger partial charge < -0.3 is 10.1 Å². The number of rotatable bonds is 4. The molecule has 1 aromatic carbocycles. The number of amides is 1. The van der Waals surface area contributed by atoms with E-state index in [9.17, 15) is 9.59 Å². The quantitative estimate of drug-likeness (QED) is 0.838. The highest BCUT2D eigenvalue weighted by atomic mass is 35.5. The summed E-state index contributed by atoms with van der Waals surface area (Å²) >= 11 is 5.82. The molecule has 92 valence electrons. The standard InChI is InChI=1S/C12H14ClNO3/c1-8(2)14-11(15)7-17-12(16)9-5-3-4-6-10(9)13/h3-6,8H,7H2,1-2H3,(H,14,15). The van der Waals surface area contributed by atoms with Crippen molar-refractivity contribution in [2.75, 3.05) is 6.61 Å². The van der Waals surface area contributed by atoms with Gasteiger partial charge in [-0.15, -0.1) is 0 Å². The molecule has 4 nitrogen and oxygen atoms in total. The lowest BCUT2D eigenvalue weighted by molar-refractivity contribution is -0.124. The van der Waals surface area contributed by atoms with Crippen LogP contribution in [0.15, 0.2) is 24.3 Å². The first-order valence-corrected chi connectivity index (χ1v) is 5.59. The van der Waals surface area contributed by atoms with Gasteiger partial charge in [-0.3, -0.25) is 4.79 Å². The molecule has 1 rings (SSSR count). The zero-order valence-corrected chi connectivity index (χ0v) is 10.5. The SMILES string of the molecule is CC(C)NC(=O)COC(=O)c1ccccc1Cl. The molecule has 0 aliphatic rings. The van der Waals surface area contributed by atoms with E-state index in [1.54, 1.807) is 24.3 Å². The molecule has 0 aliphatic carbocycles. The third kappa shape index (κ3) is 4.44. The summed E-state index contributed by atoms with van der Waals surface area (Å²) in [5, 5.41) is 2.92. The van der Waals surface area contributed by atoms with E-state index >= 15 is 0 Å². The Hall–Kier alpha value is -1.55. The fraction of sp³-hybridized carbons (Fsp3) is 0.333. The summed E-state index contributed by atoms with van der Waals surface area (Å²) in [7, 11) is 0. The maximum atomic E-state index is 11.6. The largest absolute Gasteiger partial charge is 0.452 e. The topological polar surface area (TPSA) is 55.4 Å². The summed E-state index contributed by atoms with van der Waals surface area (Å²) in [5.41, 5.74) is 0.256. The lowest BCUT2D eigenvalue weighted by Crippen LogP contribution is -2.34. The van der Waals surface area contributed by atoms with E-state index in [0.717, 1.165) is 0 Å². The Kier molecular flexibility index (Phi) is 4.97. The molecule has 0 heterocycles. The second-order valence-corrected chi connectivity index (χ2v) is 4.19. The van der Waals surface area contributed by atoms with E-state index in [-0.39, 0.29) is 24.1 Å². The smallest absolute Gasteiger partial charge is 0.340 e. The van der Waals surface area contributed by atoms with Crippen LogP contribution in [0, 0.1) is 0 Å².